The highest BCUT2D eigenvalue weighted by molar-refractivity contribution is 5.93. The van der Waals surface area contributed by atoms with Gasteiger partial charge in [0.05, 0.1) is 16.8 Å². The molecule has 1 aliphatic rings. The summed E-state index contributed by atoms with van der Waals surface area (Å²) in [4.78, 5) is 25.4. The molecule has 3 rings (SSSR count). The number of aryl methyl sites for hydroxylation is 1. The van der Waals surface area contributed by atoms with E-state index in [4.69, 9.17) is 0 Å². The maximum atomic E-state index is 12.4. The molecule has 2 aromatic rings. The summed E-state index contributed by atoms with van der Waals surface area (Å²) in [5, 5.41) is 13.9. The largest absolute Gasteiger partial charge is 0.481 e. The number of rotatable bonds is 4. The van der Waals surface area contributed by atoms with Gasteiger partial charge in [0.25, 0.3) is 0 Å². The monoisotopic (exact) mass is 353 g/mol. The first-order valence-electron chi connectivity index (χ1n) is 8.64. The smallest absolute Gasteiger partial charge is 0.311 e. The van der Waals surface area contributed by atoms with Gasteiger partial charge in [-0.15, -0.1) is 0 Å². The predicted octanol–water partition coefficient (Wildman–Crippen LogP) is 2.83. The maximum absolute atomic E-state index is 12.4. The Hall–Kier alpha value is -2.89. The molecule has 1 atom stereocenters. The van der Waals surface area contributed by atoms with Gasteiger partial charge in [-0.1, -0.05) is 18.2 Å². The number of hydrogen-bond donors (Lipinski definition) is 1. The van der Waals surface area contributed by atoms with E-state index in [2.05, 4.69) is 5.10 Å². The van der Waals surface area contributed by atoms with Crippen molar-refractivity contribution in [2.24, 2.45) is 5.41 Å². The van der Waals surface area contributed by atoms with Crippen molar-refractivity contribution in [2.75, 3.05) is 13.1 Å². The Labute approximate surface area is 152 Å². The van der Waals surface area contributed by atoms with Gasteiger partial charge in [-0.25, -0.2) is 4.68 Å². The van der Waals surface area contributed by atoms with E-state index in [0.29, 0.717) is 13.0 Å². The molecule has 0 radical (unpaired) electrons. The summed E-state index contributed by atoms with van der Waals surface area (Å²) in [6.45, 7) is 6.27. The number of nitrogens with zero attached hydrogens (tertiary/aromatic N) is 3. The minimum Gasteiger partial charge on any atom is -0.481 e. The number of carbonyl (C=O) groups is 2. The highest BCUT2D eigenvalue weighted by Gasteiger charge is 2.41. The summed E-state index contributed by atoms with van der Waals surface area (Å²) in [6.07, 6.45) is 3.77. The van der Waals surface area contributed by atoms with E-state index in [0.717, 1.165) is 22.6 Å². The van der Waals surface area contributed by atoms with E-state index in [1.54, 1.807) is 17.9 Å². The van der Waals surface area contributed by atoms with Crippen molar-refractivity contribution in [3.63, 3.8) is 0 Å². The van der Waals surface area contributed by atoms with Gasteiger partial charge in [-0.3, -0.25) is 9.59 Å². The third-order valence-corrected chi connectivity index (χ3v) is 5.04. The molecule has 1 N–H and O–H groups in total. The molecule has 1 unspecified atom stereocenters. The number of carboxylic acids is 1. The average molecular weight is 353 g/mol. The fraction of sp³-hybridized carbons (Fsp3) is 0.350. The summed E-state index contributed by atoms with van der Waals surface area (Å²) in [5.74, 6) is -1.02. The van der Waals surface area contributed by atoms with Crippen LogP contribution in [0.25, 0.3) is 11.8 Å². The molecule has 6 nitrogen and oxygen atoms in total. The van der Waals surface area contributed by atoms with Crippen LogP contribution in [0.3, 0.4) is 0 Å². The first kappa shape index (κ1) is 17.9. The van der Waals surface area contributed by atoms with Crippen LogP contribution in [-0.2, 0) is 9.59 Å². The van der Waals surface area contributed by atoms with Crippen LogP contribution in [0.2, 0.25) is 0 Å². The summed E-state index contributed by atoms with van der Waals surface area (Å²) >= 11 is 0. The zero-order chi connectivity index (χ0) is 18.9. The lowest BCUT2D eigenvalue weighted by molar-refractivity contribution is -0.147. The molecule has 2 heterocycles. The van der Waals surface area contributed by atoms with Gasteiger partial charge in [-0.05, 0) is 45.4 Å². The zero-order valence-corrected chi connectivity index (χ0v) is 15.3. The Balaban J connectivity index is 1.78. The summed E-state index contributed by atoms with van der Waals surface area (Å²) in [6, 6.07) is 9.83. The van der Waals surface area contributed by atoms with Gasteiger partial charge < -0.3 is 10.0 Å². The van der Waals surface area contributed by atoms with Crippen molar-refractivity contribution >= 4 is 18.0 Å². The quantitative estimate of drug-likeness (QED) is 0.858. The number of amides is 1. The number of aromatic nitrogens is 2. The summed E-state index contributed by atoms with van der Waals surface area (Å²) in [7, 11) is 0. The highest BCUT2D eigenvalue weighted by atomic mass is 16.4. The number of hydrogen-bond acceptors (Lipinski definition) is 3. The first-order valence-corrected chi connectivity index (χ1v) is 8.64. The second-order valence-electron chi connectivity index (χ2n) is 7.04. The van der Waals surface area contributed by atoms with Crippen molar-refractivity contribution in [2.45, 2.75) is 27.2 Å². The molecule has 1 amide bonds. The van der Waals surface area contributed by atoms with Crippen LogP contribution in [0.4, 0.5) is 0 Å². The molecule has 26 heavy (non-hydrogen) atoms. The fourth-order valence-corrected chi connectivity index (χ4v) is 3.30. The number of likely N-dealkylation sites (tertiary alicyclic amines) is 1. The minimum atomic E-state index is -0.854. The van der Waals surface area contributed by atoms with Gasteiger partial charge in [0.15, 0.2) is 0 Å². The lowest BCUT2D eigenvalue weighted by Crippen LogP contribution is -2.34. The van der Waals surface area contributed by atoms with E-state index in [1.165, 1.54) is 6.08 Å². The van der Waals surface area contributed by atoms with E-state index in [9.17, 15) is 14.7 Å². The molecule has 1 aromatic heterocycles. The van der Waals surface area contributed by atoms with Crippen LogP contribution in [0.15, 0.2) is 36.4 Å². The first-order chi connectivity index (χ1) is 12.3. The van der Waals surface area contributed by atoms with Crippen molar-refractivity contribution in [1.82, 2.24) is 14.7 Å². The van der Waals surface area contributed by atoms with Crippen LogP contribution < -0.4 is 0 Å². The number of carboxylic acid groups (broad SMARTS) is 1. The lowest BCUT2D eigenvalue weighted by Gasteiger charge is -2.18. The van der Waals surface area contributed by atoms with Gasteiger partial charge in [0, 0.05) is 30.4 Å². The van der Waals surface area contributed by atoms with Gasteiger partial charge in [0.1, 0.15) is 0 Å². The summed E-state index contributed by atoms with van der Waals surface area (Å²) < 4.78 is 1.86. The average Bonchev–Trinajstić information content (AvgIpc) is 3.16. The van der Waals surface area contributed by atoms with Crippen LogP contribution in [-0.4, -0.2) is 44.8 Å². The lowest BCUT2D eigenvalue weighted by atomic mass is 9.90. The molecule has 0 aliphatic carbocycles. The molecule has 1 fully saturated rings. The summed E-state index contributed by atoms with van der Waals surface area (Å²) in [5.41, 5.74) is 2.81. The van der Waals surface area contributed by atoms with Crippen LogP contribution in [0.5, 0.6) is 0 Å². The van der Waals surface area contributed by atoms with Crippen LogP contribution >= 0.6 is 0 Å². The maximum Gasteiger partial charge on any atom is 0.311 e. The molecule has 0 spiro atoms. The van der Waals surface area contributed by atoms with Gasteiger partial charge >= 0.3 is 5.97 Å². The third kappa shape index (κ3) is 3.27. The van der Waals surface area contributed by atoms with E-state index in [1.807, 2.05) is 48.9 Å². The predicted molar refractivity (Wildman–Crippen MR) is 99.0 cm³/mol. The molecule has 0 bridgehead atoms. The normalized spacial score (nSPS) is 20.0. The highest BCUT2D eigenvalue weighted by Crippen LogP contribution is 2.30. The Bertz CT molecular complexity index is 870. The Morgan fingerprint density at radius 1 is 1.23 bits per heavy atom. The standard InChI is InChI=1S/C20H23N3O3/c1-14-17(15(2)23(21-14)16-7-5-4-6-8-16)9-10-18(24)22-12-11-20(3,13-22)19(25)26/h4-10H,11-13H2,1-3H3,(H,25,26). The van der Waals surface area contributed by atoms with E-state index < -0.39 is 11.4 Å². The molecule has 1 aromatic carbocycles. The molecular formula is C20H23N3O3. The molecule has 136 valence electrons. The number of benzene rings is 1. The Morgan fingerprint density at radius 3 is 2.54 bits per heavy atom. The van der Waals surface area contributed by atoms with Crippen molar-refractivity contribution in [3.05, 3.63) is 53.4 Å². The van der Waals surface area contributed by atoms with Crippen molar-refractivity contribution in [3.8, 4) is 5.69 Å². The fourth-order valence-electron chi connectivity index (χ4n) is 3.30. The minimum absolute atomic E-state index is 0.166. The van der Waals surface area contributed by atoms with Gasteiger partial charge in [0.2, 0.25) is 5.91 Å². The van der Waals surface area contributed by atoms with Crippen molar-refractivity contribution in [1.29, 1.82) is 0 Å². The SMILES string of the molecule is Cc1nn(-c2ccccc2)c(C)c1C=CC(=O)N1CCC(C)(C(=O)O)C1. The van der Waals surface area contributed by atoms with E-state index >= 15 is 0 Å². The number of carbonyl (C=O) groups excluding carboxylic acids is 1. The number of para-hydroxylation sites is 1. The molecular weight excluding hydrogens is 330 g/mol. The molecule has 1 saturated heterocycles. The second-order valence-corrected chi connectivity index (χ2v) is 7.04. The zero-order valence-electron chi connectivity index (χ0n) is 15.3. The number of aliphatic carboxylic acids is 1. The van der Waals surface area contributed by atoms with Crippen molar-refractivity contribution < 1.29 is 14.7 Å². The molecule has 0 saturated carbocycles. The van der Waals surface area contributed by atoms with Crippen LogP contribution in [0, 0.1) is 19.3 Å². The molecule has 1 aliphatic heterocycles. The van der Waals surface area contributed by atoms with E-state index in [-0.39, 0.29) is 12.5 Å². The Morgan fingerprint density at radius 2 is 1.92 bits per heavy atom. The third-order valence-electron chi connectivity index (χ3n) is 5.04. The molecule has 6 heteroatoms. The topological polar surface area (TPSA) is 75.4 Å². The second kappa shape index (κ2) is 6.78. The Kier molecular flexibility index (Phi) is 4.68. The van der Waals surface area contributed by atoms with Crippen LogP contribution in [0.1, 0.15) is 30.3 Å². The van der Waals surface area contributed by atoms with Gasteiger partial charge in [-0.2, -0.15) is 5.10 Å².